The van der Waals surface area contributed by atoms with Crippen LogP contribution in [0.2, 0.25) is 0 Å². The van der Waals surface area contributed by atoms with E-state index in [1.807, 2.05) is 0 Å². The first-order valence-corrected chi connectivity index (χ1v) is 8.32. The average molecular weight is 382 g/mol. The lowest BCUT2D eigenvalue weighted by Gasteiger charge is -2.22. The van der Waals surface area contributed by atoms with Crippen LogP contribution in [0, 0.1) is 0 Å². The van der Waals surface area contributed by atoms with Gasteiger partial charge in [0.15, 0.2) is 5.96 Å². The van der Waals surface area contributed by atoms with E-state index in [4.69, 9.17) is 17.2 Å². The van der Waals surface area contributed by atoms with Gasteiger partial charge in [0.1, 0.15) is 12.1 Å². The van der Waals surface area contributed by atoms with E-state index in [2.05, 4.69) is 25.6 Å². The molecule has 27 heavy (non-hydrogen) atoms. The third-order valence-electron chi connectivity index (χ3n) is 3.59. The molecule has 0 aromatic carbocycles. The molecule has 1 rings (SSSR count). The van der Waals surface area contributed by atoms with Gasteiger partial charge in [-0.3, -0.25) is 14.6 Å². The summed E-state index contributed by atoms with van der Waals surface area (Å²) in [5, 5.41) is 14.2. The third-order valence-corrected chi connectivity index (χ3v) is 3.59. The van der Waals surface area contributed by atoms with Crippen molar-refractivity contribution in [1.82, 2.24) is 20.6 Å². The second-order valence-electron chi connectivity index (χ2n) is 5.98. The van der Waals surface area contributed by atoms with Crippen LogP contribution in [0.3, 0.4) is 0 Å². The van der Waals surface area contributed by atoms with E-state index in [1.165, 1.54) is 19.4 Å². The highest BCUT2D eigenvalue weighted by Crippen LogP contribution is 2.03. The zero-order chi connectivity index (χ0) is 20.4. The maximum absolute atomic E-state index is 12.6. The number of hydrogen-bond donors (Lipinski definition) is 7. The molecule has 0 aliphatic rings. The fourth-order valence-electron chi connectivity index (χ4n) is 2.16. The Kier molecular flexibility index (Phi) is 8.72. The summed E-state index contributed by atoms with van der Waals surface area (Å²) in [6.45, 7) is 1.71. The number of imidazole rings is 1. The van der Waals surface area contributed by atoms with Gasteiger partial charge in [-0.05, 0) is 19.8 Å². The number of aromatic amines is 1. The minimum atomic E-state index is -1.20. The first kappa shape index (κ1) is 21.9. The molecule has 1 heterocycles. The van der Waals surface area contributed by atoms with Gasteiger partial charge >= 0.3 is 5.97 Å². The second-order valence-corrected chi connectivity index (χ2v) is 5.98. The van der Waals surface area contributed by atoms with Crippen LogP contribution in [0.4, 0.5) is 0 Å². The highest BCUT2D eigenvalue weighted by Gasteiger charge is 2.27. The van der Waals surface area contributed by atoms with E-state index in [9.17, 15) is 19.5 Å². The predicted octanol–water partition coefficient (Wildman–Crippen LogP) is -2.59. The summed E-state index contributed by atoms with van der Waals surface area (Å²) in [6.07, 6.45) is 3.51. The van der Waals surface area contributed by atoms with Gasteiger partial charge in [-0.15, -0.1) is 0 Å². The third kappa shape index (κ3) is 8.18. The number of carbonyl (C=O) groups is 3. The Morgan fingerprint density at radius 3 is 2.44 bits per heavy atom. The van der Waals surface area contributed by atoms with Gasteiger partial charge in [0.2, 0.25) is 11.8 Å². The molecular formula is C15H26N8O4. The topological polar surface area (TPSA) is 215 Å². The first-order valence-electron chi connectivity index (χ1n) is 8.32. The van der Waals surface area contributed by atoms with Crippen LogP contribution in [-0.2, 0) is 20.8 Å². The molecule has 1 aromatic rings. The van der Waals surface area contributed by atoms with Crippen molar-refractivity contribution in [2.45, 2.75) is 44.3 Å². The van der Waals surface area contributed by atoms with Crippen molar-refractivity contribution in [1.29, 1.82) is 0 Å². The number of aliphatic imine (C=N–C) groups is 1. The lowest BCUT2D eigenvalue weighted by Crippen LogP contribution is -2.54. The van der Waals surface area contributed by atoms with Crippen LogP contribution in [0.25, 0.3) is 0 Å². The molecule has 150 valence electrons. The molecule has 10 N–H and O–H groups in total. The molecule has 1 aromatic heterocycles. The van der Waals surface area contributed by atoms with E-state index in [1.54, 1.807) is 0 Å². The predicted molar refractivity (Wildman–Crippen MR) is 97.3 cm³/mol. The number of guanidine groups is 1. The van der Waals surface area contributed by atoms with Crippen molar-refractivity contribution in [3.05, 3.63) is 18.2 Å². The summed E-state index contributed by atoms with van der Waals surface area (Å²) in [6, 6.07) is -2.98. The van der Waals surface area contributed by atoms with Crippen LogP contribution in [0.1, 0.15) is 25.5 Å². The highest BCUT2D eigenvalue weighted by molar-refractivity contribution is 5.91. The Morgan fingerprint density at radius 1 is 1.26 bits per heavy atom. The fourth-order valence-corrected chi connectivity index (χ4v) is 2.16. The van der Waals surface area contributed by atoms with Crippen molar-refractivity contribution in [3.8, 4) is 0 Å². The molecule has 12 heteroatoms. The molecule has 0 spiro atoms. The van der Waals surface area contributed by atoms with Crippen molar-refractivity contribution in [3.63, 3.8) is 0 Å². The lowest BCUT2D eigenvalue weighted by molar-refractivity contribution is -0.142. The van der Waals surface area contributed by atoms with Crippen LogP contribution >= 0.6 is 0 Å². The van der Waals surface area contributed by atoms with Gasteiger partial charge in [0, 0.05) is 24.9 Å². The number of nitrogens with two attached hydrogens (primary N) is 3. The van der Waals surface area contributed by atoms with Gasteiger partial charge in [0.25, 0.3) is 0 Å². The van der Waals surface area contributed by atoms with Crippen molar-refractivity contribution in [2.75, 3.05) is 6.54 Å². The molecule has 0 saturated carbocycles. The smallest absolute Gasteiger partial charge is 0.326 e. The minimum Gasteiger partial charge on any atom is -0.480 e. The molecule has 0 aliphatic carbocycles. The van der Waals surface area contributed by atoms with E-state index in [0.29, 0.717) is 12.1 Å². The van der Waals surface area contributed by atoms with Crippen LogP contribution in [0.15, 0.2) is 17.5 Å². The molecule has 3 unspecified atom stereocenters. The number of hydrogen-bond acceptors (Lipinski definition) is 6. The minimum absolute atomic E-state index is 0.0934. The zero-order valence-corrected chi connectivity index (χ0v) is 15.0. The molecule has 0 radical (unpaired) electrons. The summed E-state index contributed by atoms with van der Waals surface area (Å²) < 4.78 is 0. The molecular weight excluding hydrogens is 356 g/mol. The van der Waals surface area contributed by atoms with Gasteiger partial charge in [-0.2, -0.15) is 0 Å². The van der Waals surface area contributed by atoms with Gasteiger partial charge in [-0.25, -0.2) is 9.78 Å². The van der Waals surface area contributed by atoms with Crippen LogP contribution in [-0.4, -0.2) is 63.5 Å². The van der Waals surface area contributed by atoms with E-state index in [-0.39, 0.29) is 25.3 Å². The maximum atomic E-state index is 12.6. The van der Waals surface area contributed by atoms with Gasteiger partial charge < -0.3 is 37.9 Å². The summed E-state index contributed by atoms with van der Waals surface area (Å²) in [4.78, 5) is 46.3. The summed E-state index contributed by atoms with van der Waals surface area (Å²) in [5.41, 5.74) is 16.5. The number of nitrogens with one attached hydrogen (secondary N) is 3. The summed E-state index contributed by atoms with van der Waals surface area (Å²) in [5.74, 6) is -2.47. The van der Waals surface area contributed by atoms with Crippen molar-refractivity contribution >= 4 is 23.7 Å². The lowest BCUT2D eigenvalue weighted by atomic mass is 10.1. The maximum Gasteiger partial charge on any atom is 0.326 e. The Balaban J connectivity index is 2.76. The fraction of sp³-hybridized carbons (Fsp3) is 0.533. The van der Waals surface area contributed by atoms with Gasteiger partial charge in [-0.1, -0.05) is 0 Å². The first-order chi connectivity index (χ1) is 12.7. The SMILES string of the molecule is CC(N)C(=O)NC(Cc1cnc[nH]1)C(=O)NC(CCCN=C(N)N)C(=O)O. The molecule has 0 bridgehead atoms. The Morgan fingerprint density at radius 2 is 1.93 bits per heavy atom. The number of H-pyrrole nitrogens is 1. The molecule has 0 saturated heterocycles. The number of carboxylic acid groups (broad SMARTS) is 1. The number of nitrogens with zero attached hydrogens (tertiary/aromatic N) is 2. The number of aliphatic carboxylic acids is 1. The largest absolute Gasteiger partial charge is 0.480 e. The number of carbonyl (C=O) groups excluding carboxylic acids is 2. The molecule has 3 atom stereocenters. The van der Waals surface area contributed by atoms with Gasteiger partial charge in [0.05, 0.1) is 12.4 Å². The van der Waals surface area contributed by atoms with E-state index < -0.39 is 35.9 Å². The average Bonchev–Trinajstić information content (AvgIpc) is 3.09. The second kappa shape index (κ2) is 10.8. The molecule has 0 aliphatic heterocycles. The number of carboxylic acids is 1. The number of amides is 2. The van der Waals surface area contributed by atoms with Crippen molar-refractivity contribution in [2.24, 2.45) is 22.2 Å². The van der Waals surface area contributed by atoms with E-state index >= 15 is 0 Å². The Labute approximate surface area is 156 Å². The van der Waals surface area contributed by atoms with Crippen LogP contribution in [0.5, 0.6) is 0 Å². The summed E-state index contributed by atoms with van der Waals surface area (Å²) in [7, 11) is 0. The van der Waals surface area contributed by atoms with Crippen LogP contribution < -0.4 is 27.8 Å². The van der Waals surface area contributed by atoms with E-state index in [0.717, 1.165) is 0 Å². The molecule has 12 nitrogen and oxygen atoms in total. The monoisotopic (exact) mass is 382 g/mol. The quantitative estimate of drug-likeness (QED) is 0.122. The zero-order valence-electron chi connectivity index (χ0n) is 15.0. The Bertz CT molecular complexity index is 655. The summed E-state index contributed by atoms with van der Waals surface area (Å²) >= 11 is 0. The highest BCUT2D eigenvalue weighted by atomic mass is 16.4. The molecule has 0 fully saturated rings. The normalized spacial score (nSPS) is 13.9. The number of aromatic nitrogens is 2. The standard InChI is InChI=1S/C15H26N8O4/c1-8(16)12(24)23-11(5-9-6-19-7-21-9)13(25)22-10(14(26)27)3-2-4-20-15(17)18/h6-8,10-11H,2-5,16H2,1H3,(H,19,21)(H,22,25)(H,23,24)(H,26,27)(H4,17,18,20). The molecule has 2 amide bonds. The Hall–Kier alpha value is -3.15. The number of rotatable bonds is 11. The van der Waals surface area contributed by atoms with Crippen molar-refractivity contribution < 1.29 is 19.5 Å².